The zero-order valence-corrected chi connectivity index (χ0v) is 16.2. The lowest BCUT2D eigenvalue weighted by Gasteiger charge is -2.13. The molecule has 6 heteroatoms. The number of nitrogens with one attached hydrogen (secondary N) is 2. The Bertz CT molecular complexity index is 638. The molecule has 0 aliphatic rings. The third-order valence-corrected chi connectivity index (χ3v) is 4.65. The topological polar surface area (TPSA) is 54.2 Å². The number of aliphatic imine (C=N–C) groups is 1. The predicted molar refractivity (Wildman–Crippen MR) is 107 cm³/mol. The summed E-state index contributed by atoms with van der Waals surface area (Å²) in [6.07, 6.45) is 4.98. The van der Waals surface area contributed by atoms with Crippen molar-refractivity contribution in [1.82, 2.24) is 20.4 Å². The molecule has 0 amide bonds. The lowest BCUT2D eigenvalue weighted by molar-refractivity contribution is 0.570. The minimum absolute atomic E-state index is 0.435. The molecule has 2 rings (SSSR count). The summed E-state index contributed by atoms with van der Waals surface area (Å²) >= 11 is 1.86. The van der Waals surface area contributed by atoms with Crippen molar-refractivity contribution in [1.29, 1.82) is 0 Å². The minimum Gasteiger partial charge on any atom is -0.357 e. The van der Waals surface area contributed by atoms with Crippen molar-refractivity contribution in [3.05, 3.63) is 48.3 Å². The summed E-state index contributed by atoms with van der Waals surface area (Å²) in [4.78, 5) is 6.00. The molecular formula is C19H29N5S. The second-order valence-electron chi connectivity index (χ2n) is 6.02. The molecule has 5 nitrogen and oxygen atoms in total. The Balaban J connectivity index is 1.73. The fourth-order valence-electron chi connectivity index (χ4n) is 2.37. The average molecular weight is 360 g/mol. The number of aromatic nitrogens is 2. The standard InChI is InChI=1S/C19H29N5S/c1-4-20-19(21-11-8-12-24-15-16(2)13-23-24)22-14-17(3)25-18-9-6-5-7-10-18/h5-7,9-10,13,15,17H,4,8,11-12,14H2,1-3H3,(H2,20,21,22). The van der Waals surface area contributed by atoms with E-state index >= 15 is 0 Å². The number of guanidine groups is 1. The summed E-state index contributed by atoms with van der Waals surface area (Å²) in [7, 11) is 0. The van der Waals surface area contributed by atoms with Gasteiger partial charge in [-0.3, -0.25) is 9.67 Å². The van der Waals surface area contributed by atoms with Gasteiger partial charge in [0.15, 0.2) is 5.96 Å². The van der Waals surface area contributed by atoms with E-state index in [1.807, 2.05) is 28.7 Å². The van der Waals surface area contributed by atoms with Gasteiger partial charge < -0.3 is 10.6 Å². The van der Waals surface area contributed by atoms with Gasteiger partial charge in [-0.25, -0.2) is 0 Å². The summed E-state index contributed by atoms with van der Waals surface area (Å²) in [6, 6.07) is 10.5. The lowest BCUT2D eigenvalue weighted by atomic mass is 10.4. The molecule has 0 bridgehead atoms. The van der Waals surface area contributed by atoms with Crippen LogP contribution in [0.3, 0.4) is 0 Å². The van der Waals surface area contributed by atoms with E-state index in [4.69, 9.17) is 4.99 Å². The second-order valence-corrected chi connectivity index (χ2v) is 7.53. The third kappa shape index (κ3) is 7.65. The van der Waals surface area contributed by atoms with Gasteiger partial charge in [0.1, 0.15) is 0 Å². The van der Waals surface area contributed by atoms with E-state index in [1.54, 1.807) is 0 Å². The summed E-state index contributed by atoms with van der Waals surface area (Å²) in [6.45, 7) is 9.81. The molecule has 0 radical (unpaired) electrons. The Kier molecular flexibility index (Phi) is 8.39. The van der Waals surface area contributed by atoms with Gasteiger partial charge in [-0.2, -0.15) is 5.10 Å². The van der Waals surface area contributed by atoms with E-state index < -0.39 is 0 Å². The van der Waals surface area contributed by atoms with Gasteiger partial charge in [-0.05, 0) is 38.0 Å². The maximum atomic E-state index is 4.71. The van der Waals surface area contributed by atoms with E-state index in [-0.39, 0.29) is 0 Å². The largest absolute Gasteiger partial charge is 0.357 e. The Morgan fingerprint density at radius 2 is 2.08 bits per heavy atom. The second kappa shape index (κ2) is 10.8. The first-order chi connectivity index (χ1) is 12.2. The Morgan fingerprint density at radius 1 is 1.28 bits per heavy atom. The van der Waals surface area contributed by atoms with Gasteiger partial charge in [0, 0.05) is 36.0 Å². The van der Waals surface area contributed by atoms with Crippen LogP contribution < -0.4 is 10.6 Å². The highest BCUT2D eigenvalue weighted by atomic mass is 32.2. The number of hydrogen-bond donors (Lipinski definition) is 2. The summed E-state index contributed by atoms with van der Waals surface area (Å²) < 4.78 is 1.99. The number of thioether (sulfide) groups is 1. The zero-order chi connectivity index (χ0) is 17.9. The molecule has 1 aromatic carbocycles. The van der Waals surface area contributed by atoms with Crippen LogP contribution in [0.4, 0.5) is 0 Å². The summed E-state index contributed by atoms with van der Waals surface area (Å²) in [5, 5.41) is 11.5. The Morgan fingerprint density at radius 3 is 2.76 bits per heavy atom. The van der Waals surface area contributed by atoms with Crippen molar-refractivity contribution in [3.63, 3.8) is 0 Å². The first-order valence-corrected chi connectivity index (χ1v) is 9.78. The van der Waals surface area contributed by atoms with Gasteiger partial charge in [0.05, 0.1) is 12.7 Å². The van der Waals surface area contributed by atoms with Crippen LogP contribution >= 0.6 is 11.8 Å². The molecule has 1 heterocycles. The van der Waals surface area contributed by atoms with Crippen molar-refractivity contribution < 1.29 is 0 Å². The zero-order valence-electron chi connectivity index (χ0n) is 15.4. The molecule has 0 saturated heterocycles. The normalized spacial score (nSPS) is 12.8. The Hall–Kier alpha value is -1.95. The maximum absolute atomic E-state index is 4.71. The fraction of sp³-hybridized carbons (Fsp3) is 0.474. The highest BCUT2D eigenvalue weighted by Gasteiger charge is 2.04. The molecule has 0 fully saturated rings. The highest BCUT2D eigenvalue weighted by molar-refractivity contribution is 8.00. The van der Waals surface area contributed by atoms with Gasteiger partial charge in [0.25, 0.3) is 0 Å². The lowest BCUT2D eigenvalue weighted by Crippen LogP contribution is -2.38. The van der Waals surface area contributed by atoms with Crippen molar-refractivity contribution in [2.75, 3.05) is 19.6 Å². The minimum atomic E-state index is 0.435. The summed E-state index contributed by atoms with van der Waals surface area (Å²) in [5.41, 5.74) is 1.20. The maximum Gasteiger partial charge on any atom is 0.191 e. The number of aryl methyl sites for hydroxylation is 2. The molecule has 0 aliphatic carbocycles. The van der Waals surface area contributed by atoms with Crippen LogP contribution in [0.25, 0.3) is 0 Å². The number of nitrogens with zero attached hydrogens (tertiary/aromatic N) is 3. The fourth-order valence-corrected chi connectivity index (χ4v) is 3.30. The van der Waals surface area contributed by atoms with Crippen LogP contribution in [0, 0.1) is 6.92 Å². The van der Waals surface area contributed by atoms with Crippen LogP contribution in [-0.2, 0) is 6.54 Å². The summed E-state index contributed by atoms with van der Waals surface area (Å²) in [5.74, 6) is 0.889. The van der Waals surface area contributed by atoms with Crippen LogP contribution in [0.5, 0.6) is 0 Å². The molecule has 0 aliphatic heterocycles. The van der Waals surface area contributed by atoms with Gasteiger partial charge in [0.2, 0.25) is 0 Å². The molecule has 25 heavy (non-hydrogen) atoms. The monoisotopic (exact) mass is 359 g/mol. The first kappa shape index (κ1) is 19.4. The smallest absolute Gasteiger partial charge is 0.191 e. The molecule has 1 atom stereocenters. The van der Waals surface area contributed by atoms with Crippen molar-refractivity contribution in [2.24, 2.45) is 4.99 Å². The van der Waals surface area contributed by atoms with E-state index in [1.165, 1.54) is 10.5 Å². The molecular weight excluding hydrogens is 330 g/mol. The van der Waals surface area contributed by atoms with Gasteiger partial charge >= 0.3 is 0 Å². The molecule has 1 aromatic heterocycles. The highest BCUT2D eigenvalue weighted by Crippen LogP contribution is 2.22. The average Bonchev–Trinajstić information content (AvgIpc) is 3.02. The van der Waals surface area contributed by atoms with E-state index in [0.717, 1.165) is 38.6 Å². The molecule has 136 valence electrons. The Labute approximate surface area is 155 Å². The van der Waals surface area contributed by atoms with Crippen molar-refractivity contribution in [3.8, 4) is 0 Å². The molecule has 0 saturated carbocycles. The van der Waals surface area contributed by atoms with Crippen molar-refractivity contribution >= 4 is 17.7 Å². The van der Waals surface area contributed by atoms with Crippen LogP contribution in [0.15, 0.2) is 52.6 Å². The van der Waals surface area contributed by atoms with Gasteiger partial charge in [-0.1, -0.05) is 25.1 Å². The predicted octanol–water partition coefficient (Wildman–Crippen LogP) is 3.32. The van der Waals surface area contributed by atoms with Crippen molar-refractivity contribution in [2.45, 2.75) is 43.9 Å². The van der Waals surface area contributed by atoms with Crippen LogP contribution in [0.2, 0.25) is 0 Å². The molecule has 2 aromatic rings. The molecule has 2 N–H and O–H groups in total. The number of benzene rings is 1. The SMILES string of the molecule is CCNC(=NCC(C)Sc1ccccc1)NCCCn1cc(C)cn1. The van der Waals surface area contributed by atoms with Gasteiger partial charge in [-0.15, -0.1) is 11.8 Å². The first-order valence-electron chi connectivity index (χ1n) is 8.90. The van der Waals surface area contributed by atoms with E-state index in [0.29, 0.717) is 5.25 Å². The quantitative estimate of drug-likeness (QED) is 0.312. The molecule has 1 unspecified atom stereocenters. The van der Waals surface area contributed by atoms with E-state index in [2.05, 4.69) is 67.0 Å². The van der Waals surface area contributed by atoms with Crippen LogP contribution in [-0.4, -0.2) is 40.6 Å². The van der Waals surface area contributed by atoms with E-state index in [9.17, 15) is 0 Å². The van der Waals surface area contributed by atoms with Crippen LogP contribution in [0.1, 0.15) is 25.8 Å². The number of rotatable bonds is 9. The third-order valence-electron chi connectivity index (χ3n) is 3.55. The molecule has 0 spiro atoms. The number of hydrogen-bond acceptors (Lipinski definition) is 3.